The summed E-state index contributed by atoms with van der Waals surface area (Å²) in [7, 11) is 0. The van der Waals surface area contributed by atoms with Crippen molar-refractivity contribution in [2.75, 3.05) is 0 Å². The van der Waals surface area contributed by atoms with E-state index in [4.69, 9.17) is 16.3 Å². The molecule has 1 aromatic rings. The molecule has 4 nitrogen and oxygen atoms in total. The zero-order valence-corrected chi connectivity index (χ0v) is 13.9. The van der Waals surface area contributed by atoms with Gasteiger partial charge in [-0.3, -0.25) is 0 Å². The van der Waals surface area contributed by atoms with E-state index in [1.54, 1.807) is 0 Å². The first-order valence-corrected chi connectivity index (χ1v) is 8.09. The van der Waals surface area contributed by atoms with Gasteiger partial charge in [0.05, 0.1) is 12.4 Å². The molecule has 1 atom stereocenters. The second-order valence-corrected chi connectivity index (χ2v) is 6.01. The zero-order chi connectivity index (χ0) is 15.7. The molecule has 1 heterocycles. The number of esters is 1. The summed E-state index contributed by atoms with van der Waals surface area (Å²) in [6, 6.07) is 0. The summed E-state index contributed by atoms with van der Waals surface area (Å²) in [6.07, 6.45) is 9.98. The Balaban J connectivity index is 2.69. The fourth-order valence-electron chi connectivity index (χ4n) is 2.22. The first-order chi connectivity index (χ1) is 10.0. The molecule has 1 unspecified atom stereocenters. The fourth-order valence-corrected chi connectivity index (χ4v) is 2.32. The van der Waals surface area contributed by atoms with E-state index >= 15 is 0 Å². The summed E-state index contributed by atoms with van der Waals surface area (Å²) < 4.78 is 5.73. The summed E-state index contributed by atoms with van der Waals surface area (Å²) in [5.74, 6) is -0.422. The molecule has 1 aromatic heterocycles. The van der Waals surface area contributed by atoms with Gasteiger partial charge in [0.25, 0.3) is 0 Å². The number of aromatic nitrogens is 2. The van der Waals surface area contributed by atoms with E-state index < -0.39 is 11.6 Å². The predicted molar refractivity (Wildman–Crippen MR) is 84.5 cm³/mol. The molecule has 0 aliphatic carbocycles. The van der Waals surface area contributed by atoms with Crippen LogP contribution in [0.15, 0.2) is 12.4 Å². The largest absolute Gasteiger partial charge is 0.455 e. The second kappa shape index (κ2) is 8.98. The Labute approximate surface area is 132 Å². The molecule has 0 fully saturated rings. The van der Waals surface area contributed by atoms with Gasteiger partial charge < -0.3 is 4.74 Å². The number of ether oxygens (including phenoxy) is 1. The minimum Gasteiger partial charge on any atom is -0.455 e. The highest BCUT2D eigenvalue weighted by Gasteiger charge is 2.28. The number of rotatable bonds is 9. The Hall–Kier alpha value is -1.16. The summed E-state index contributed by atoms with van der Waals surface area (Å²) in [5, 5.41) is 0.267. The number of carbonyl (C=O) groups excluding carboxylic acids is 1. The Bertz CT molecular complexity index is 436. The molecule has 0 spiro atoms. The van der Waals surface area contributed by atoms with Gasteiger partial charge in [0.2, 0.25) is 0 Å². The van der Waals surface area contributed by atoms with E-state index in [0.29, 0.717) is 0 Å². The highest BCUT2D eigenvalue weighted by atomic mass is 35.5. The monoisotopic (exact) mass is 312 g/mol. The summed E-state index contributed by atoms with van der Waals surface area (Å²) in [5.41, 5.74) is -0.221. The van der Waals surface area contributed by atoms with Gasteiger partial charge in [-0.25, -0.2) is 14.8 Å². The minimum atomic E-state index is -0.427. The van der Waals surface area contributed by atoms with Crippen molar-refractivity contribution in [1.82, 2.24) is 9.97 Å². The van der Waals surface area contributed by atoms with Crippen LogP contribution in [0.1, 0.15) is 76.2 Å². The Morgan fingerprint density at radius 2 is 1.81 bits per heavy atom. The van der Waals surface area contributed by atoms with Crippen LogP contribution < -0.4 is 0 Å². The number of halogens is 1. The first-order valence-electron chi connectivity index (χ1n) is 7.71. The fraction of sp³-hybridized carbons (Fsp3) is 0.688. The Morgan fingerprint density at radius 3 is 2.38 bits per heavy atom. The Morgan fingerprint density at radius 1 is 1.14 bits per heavy atom. The standard InChI is InChI=1S/C16H25ClN2O2/c1-4-6-8-10-16(3,9-7-5-2)21-15(20)13-11-19-14(17)12-18-13/h11-12H,4-10H2,1-3H3. The van der Waals surface area contributed by atoms with E-state index in [1.807, 2.05) is 6.92 Å². The second-order valence-electron chi connectivity index (χ2n) is 5.62. The third-order valence-corrected chi connectivity index (χ3v) is 3.73. The molecule has 0 saturated carbocycles. The predicted octanol–water partition coefficient (Wildman–Crippen LogP) is 4.82. The van der Waals surface area contributed by atoms with Crippen molar-refractivity contribution < 1.29 is 9.53 Å². The molecule has 0 aliphatic rings. The topological polar surface area (TPSA) is 52.1 Å². The van der Waals surface area contributed by atoms with Crippen LogP contribution >= 0.6 is 11.6 Å². The maximum Gasteiger partial charge on any atom is 0.359 e. The molecule has 0 amide bonds. The highest BCUT2D eigenvalue weighted by molar-refractivity contribution is 6.29. The van der Waals surface area contributed by atoms with Crippen molar-refractivity contribution in [3.63, 3.8) is 0 Å². The van der Waals surface area contributed by atoms with Crippen LogP contribution in [0.4, 0.5) is 0 Å². The Kier molecular flexibility index (Phi) is 7.65. The van der Waals surface area contributed by atoms with Gasteiger partial charge >= 0.3 is 5.97 Å². The van der Waals surface area contributed by atoms with Crippen molar-refractivity contribution in [2.45, 2.75) is 71.3 Å². The number of unbranched alkanes of at least 4 members (excludes halogenated alkanes) is 3. The molecule has 5 heteroatoms. The van der Waals surface area contributed by atoms with Crippen LogP contribution in [0.5, 0.6) is 0 Å². The maximum absolute atomic E-state index is 12.2. The van der Waals surface area contributed by atoms with Gasteiger partial charge in [-0.2, -0.15) is 0 Å². The van der Waals surface area contributed by atoms with Crippen LogP contribution in [0.3, 0.4) is 0 Å². The molecule has 0 aliphatic heterocycles. The van der Waals surface area contributed by atoms with Gasteiger partial charge in [0.15, 0.2) is 5.69 Å². The first kappa shape index (κ1) is 17.9. The van der Waals surface area contributed by atoms with Crippen molar-refractivity contribution in [3.8, 4) is 0 Å². The number of carbonyl (C=O) groups is 1. The maximum atomic E-state index is 12.2. The van der Waals surface area contributed by atoms with Crippen LogP contribution in [0.2, 0.25) is 5.15 Å². The third-order valence-electron chi connectivity index (χ3n) is 3.54. The zero-order valence-electron chi connectivity index (χ0n) is 13.2. The summed E-state index contributed by atoms with van der Waals surface area (Å²) in [6.45, 7) is 6.32. The third kappa shape index (κ3) is 6.42. The molecular formula is C16H25ClN2O2. The molecular weight excluding hydrogens is 288 g/mol. The van der Waals surface area contributed by atoms with E-state index in [2.05, 4.69) is 23.8 Å². The highest BCUT2D eigenvalue weighted by Crippen LogP contribution is 2.27. The average molecular weight is 313 g/mol. The lowest BCUT2D eigenvalue weighted by Crippen LogP contribution is -2.32. The van der Waals surface area contributed by atoms with Crippen LogP contribution in [-0.4, -0.2) is 21.5 Å². The van der Waals surface area contributed by atoms with Gasteiger partial charge in [0.1, 0.15) is 10.8 Å². The molecule has 118 valence electrons. The molecule has 0 radical (unpaired) electrons. The van der Waals surface area contributed by atoms with Crippen molar-refractivity contribution in [2.24, 2.45) is 0 Å². The van der Waals surface area contributed by atoms with Crippen LogP contribution in [0.25, 0.3) is 0 Å². The van der Waals surface area contributed by atoms with Gasteiger partial charge in [-0.05, 0) is 32.6 Å². The number of hydrogen-bond donors (Lipinski definition) is 0. The molecule has 0 saturated heterocycles. The molecule has 21 heavy (non-hydrogen) atoms. The van der Waals surface area contributed by atoms with E-state index in [9.17, 15) is 4.79 Å². The molecule has 0 N–H and O–H groups in total. The summed E-state index contributed by atoms with van der Waals surface area (Å²) in [4.78, 5) is 20.0. The number of nitrogens with zero attached hydrogens (tertiary/aromatic N) is 2. The minimum absolute atomic E-state index is 0.206. The van der Waals surface area contributed by atoms with E-state index in [1.165, 1.54) is 12.4 Å². The molecule has 0 bridgehead atoms. The van der Waals surface area contributed by atoms with Crippen molar-refractivity contribution in [3.05, 3.63) is 23.2 Å². The van der Waals surface area contributed by atoms with Crippen LogP contribution in [-0.2, 0) is 4.74 Å². The van der Waals surface area contributed by atoms with Gasteiger partial charge in [-0.15, -0.1) is 0 Å². The van der Waals surface area contributed by atoms with E-state index in [-0.39, 0.29) is 10.8 Å². The van der Waals surface area contributed by atoms with Crippen molar-refractivity contribution in [1.29, 1.82) is 0 Å². The number of hydrogen-bond acceptors (Lipinski definition) is 4. The SMILES string of the molecule is CCCCCC(C)(CCCC)OC(=O)c1cnc(Cl)cn1. The lowest BCUT2D eigenvalue weighted by Gasteiger charge is -2.29. The lowest BCUT2D eigenvalue weighted by atomic mass is 9.92. The van der Waals surface area contributed by atoms with Crippen LogP contribution in [0, 0.1) is 0 Å². The normalized spacial score (nSPS) is 13.7. The van der Waals surface area contributed by atoms with Gasteiger partial charge in [-0.1, -0.05) is 44.7 Å². The summed E-state index contributed by atoms with van der Waals surface area (Å²) >= 11 is 5.68. The lowest BCUT2D eigenvalue weighted by molar-refractivity contribution is -0.0203. The molecule has 0 aromatic carbocycles. The van der Waals surface area contributed by atoms with E-state index in [0.717, 1.165) is 44.9 Å². The average Bonchev–Trinajstić information content (AvgIpc) is 2.46. The smallest absolute Gasteiger partial charge is 0.359 e. The van der Waals surface area contributed by atoms with Gasteiger partial charge in [0, 0.05) is 0 Å². The van der Waals surface area contributed by atoms with Crippen molar-refractivity contribution >= 4 is 17.6 Å². The quantitative estimate of drug-likeness (QED) is 0.484. The molecule has 1 rings (SSSR count).